The monoisotopic (exact) mass is 316 g/mol. The van der Waals surface area contributed by atoms with E-state index in [1.54, 1.807) is 12.3 Å². The summed E-state index contributed by atoms with van der Waals surface area (Å²) in [6.07, 6.45) is 3.26. The van der Waals surface area contributed by atoms with Gasteiger partial charge in [-0.1, -0.05) is 0 Å². The number of hydrogen-bond donors (Lipinski definition) is 1. The average Bonchev–Trinajstić information content (AvgIpc) is 2.34. The molecule has 0 aliphatic carbocycles. The number of rotatable bonds is 6. The van der Waals surface area contributed by atoms with Gasteiger partial charge in [0.15, 0.2) is 0 Å². The molecule has 2 N–H and O–H groups in total. The Bertz CT molecular complexity index is 410. The highest BCUT2D eigenvalue weighted by molar-refractivity contribution is 9.10. The Balaban J connectivity index is 2.66. The van der Waals surface area contributed by atoms with E-state index in [1.165, 1.54) is 7.11 Å². The lowest BCUT2D eigenvalue weighted by Crippen LogP contribution is -2.16. The first kappa shape index (κ1) is 14.9. The van der Waals surface area contributed by atoms with Gasteiger partial charge in [-0.3, -0.25) is 0 Å². The molecule has 0 aromatic carbocycles. The van der Waals surface area contributed by atoms with E-state index < -0.39 is 5.97 Å². The first-order chi connectivity index (χ1) is 8.54. The minimum atomic E-state index is -0.467. The van der Waals surface area contributed by atoms with E-state index in [9.17, 15) is 4.79 Å². The normalized spacial score (nSPS) is 12.0. The lowest BCUT2D eigenvalue weighted by molar-refractivity contribution is 0.0594. The van der Waals surface area contributed by atoms with Crippen molar-refractivity contribution < 1.29 is 14.3 Å². The quantitative estimate of drug-likeness (QED) is 0.643. The van der Waals surface area contributed by atoms with Crippen molar-refractivity contribution in [1.82, 2.24) is 4.98 Å². The summed E-state index contributed by atoms with van der Waals surface area (Å²) in [6, 6.07) is 1.77. The molecule has 0 amide bonds. The second-order valence-electron chi connectivity index (χ2n) is 3.97. The van der Waals surface area contributed by atoms with Crippen LogP contribution in [0.3, 0.4) is 0 Å². The highest BCUT2D eigenvalue weighted by atomic mass is 79.9. The van der Waals surface area contributed by atoms with E-state index in [2.05, 4.69) is 25.7 Å². The van der Waals surface area contributed by atoms with Gasteiger partial charge in [0.05, 0.1) is 13.7 Å². The zero-order chi connectivity index (χ0) is 13.5. The van der Waals surface area contributed by atoms with Crippen LogP contribution in [0.4, 0.5) is 0 Å². The third-order valence-corrected chi connectivity index (χ3v) is 2.70. The van der Waals surface area contributed by atoms with Crippen molar-refractivity contribution in [2.45, 2.75) is 25.8 Å². The minimum Gasteiger partial charge on any atom is -0.477 e. The van der Waals surface area contributed by atoms with Gasteiger partial charge in [-0.05, 0) is 41.8 Å². The molecule has 0 saturated carbocycles. The molecule has 1 rings (SSSR count). The van der Waals surface area contributed by atoms with Crippen LogP contribution in [0.2, 0.25) is 0 Å². The van der Waals surface area contributed by atoms with Gasteiger partial charge >= 0.3 is 5.97 Å². The highest BCUT2D eigenvalue weighted by Crippen LogP contribution is 2.21. The number of carbonyl (C=O) groups is 1. The maximum atomic E-state index is 11.5. The Morgan fingerprint density at radius 2 is 2.33 bits per heavy atom. The van der Waals surface area contributed by atoms with Crippen LogP contribution in [0, 0.1) is 0 Å². The summed E-state index contributed by atoms with van der Waals surface area (Å²) >= 11 is 3.25. The fourth-order valence-corrected chi connectivity index (χ4v) is 1.70. The van der Waals surface area contributed by atoms with E-state index in [0.29, 0.717) is 16.6 Å². The van der Waals surface area contributed by atoms with Crippen molar-refractivity contribution in [2.75, 3.05) is 13.7 Å². The average molecular weight is 317 g/mol. The third-order valence-electron chi connectivity index (χ3n) is 2.27. The molecule has 18 heavy (non-hydrogen) atoms. The molecular weight excluding hydrogens is 300 g/mol. The van der Waals surface area contributed by atoms with Gasteiger partial charge in [0.2, 0.25) is 5.88 Å². The second-order valence-corrected chi connectivity index (χ2v) is 4.88. The molecule has 1 heterocycles. The molecule has 1 aromatic heterocycles. The van der Waals surface area contributed by atoms with Gasteiger partial charge in [-0.2, -0.15) is 0 Å². The molecule has 1 unspecified atom stereocenters. The molecule has 1 atom stereocenters. The molecule has 0 fully saturated rings. The Morgan fingerprint density at radius 3 is 2.94 bits per heavy atom. The van der Waals surface area contributed by atoms with Crippen molar-refractivity contribution in [3.05, 3.63) is 22.3 Å². The first-order valence-electron chi connectivity index (χ1n) is 5.67. The van der Waals surface area contributed by atoms with Crippen LogP contribution < -0.4 is 10.5 Å². The second kappa shape index (κ2) is 7.33. The molecule has 6 heteroatoms. The lowest BCUT2D eigenvalue weighted by Gasteiger charge is -2.10. The highest BCUT2D eigenvalue weighted by Gasteiger charge is 2.15. The third kappa shape index (κ3) is 4.62. The van der Waals surface area contributed by atoms with E-state index >= 15 is 0 Å². The zero-order valence-corrected chi connectivity index (χ0v) is 12.1. The van der Waals surface area contributed by atoms with E-state index in [-0.39, 0.29) is 11.9 Å². The number of nitrogens with zero attached hydrogens (tertiary/aromatic N) is 1. The molecule has 0 bridgehead atoms. The number of carbonyl (C=O) groups excluding carboxylic acids is 1. The SMILES string of the molecule is COC(=O)c1cc(Br)cnc1OCCCC(C)N. The van der Waals surface area contributed by atoms with Crippen LogP contribution in [-0.2, 0) is 4.74 Å². The van der Waals surface area contributed by atoms with E-state index in [4.69, 9.17) is 10.5 Å². The van der Waals surface area contributed by atoms with E-state index in [1.807, 2.05) is 6.92 Å². The lowest BCUT2D eigenvalue weighted by atomic mass is 10.2. The molecule has 0 spiro atoms. The summed E-state index contributed by atoms with van der Waals surface area (Å²) in [7, 11) is 1.32. The zero-order valence-electron chi connectivity index (χ0n) is 10.5. The Kier molecular flexibility index (Phi) is 6.07. The maximum absolute atomic E-state index is 11.5. The van der Waals surface area contributed by atoms with Crippen molar-refractivity contribution >= 4 is 21.9 Å². The minimum absolute atomic E-state index is 0.145. The van der Waals surface area contributed by atoms with Crippen LogP contribution in [0.5, 0.6) is 5.88 Å². The van der Waals surface area contributed by atoms with Gasteiger partial charge in [-0.25, -0.2) is 9.78 Å². The molecule has 0 aliphatic heterocycles. The van der Waals surface area contributed by atoms with Gasteiger partial charge in [0.1, 0.15) is 5.56 Å². The summed E-state index contributed by atoms with van der Waals surface area (Å²) in [5, 5.41) is 0. The van der Waals surface area contributed by atoms with Crippen LogP contribution in [0.25, 0.3) is 0 Å². The molecule has 100 valence electrons. The molecule has 0 radical (unpaired) electrons. The topological polar surface area (TPSA) is 74.4 Å². The summed E-state index contributed by atoms with van der Waals surface area (Å²) in [4.78, 5) is 15.6. The van der Waals surface area contributed by atoms with Gasteiger partial charge in [0.25, 0.3) is 0 Å². The molecule has 1 aromatic rings. The standard InChI is InChI=1S/C12H17BrN2O3/c1-8(14)4-3-5-18-11-10(12(16)17-2)6-9(13)7-15-11/h6-8H,3-5,14H2,1-2H3. The van der Waals surface area contributed by atoms with E-state index in [0.717, 1.165) is 12.8 Å². The number of methoxy groups -OCH3 is 1. The maximum Gasteiger partial charge on any atom is 0.343 e. The number of ether oxygens (including phenoxy) is 2. The Morgan fingerprint density at radius 1 is 1.61 bits per heavy atom. The van der Waals surface area contributed by atoms with Crippen molar-refractivity contribution in [1.29, 1.82) is 0 Å². The summed E-state index contributed by atoms with van der Waals surface area (Å²) < 4.78 is 10.9. The molecule has 0 saturated heterocycles. The number of hydrogen-bond acceptors (Lipinski definition) is 5. The number of aromatic nitrogens is 1. The van der Waals surface area contributed by atoms with Gasteiger partial charge < -0.3 is 15.2 Å². The first-order valence-corrected chi connectivity index (χ1v) is 6.46. The number of pyridine rings is 1. The largest absolute Gasteiger partial charge is 0.477 e. The van der Waals surface area contributed by atoms with Crippen molar-refractivity contribution in [3.8, 4) is 5.88 Å². The summed E-state index contributed by atoms with van der Waals surface area (Å²) in [5.74, 6) is -0.180. The van der Waals surface area contributed by atoms with Crippen LogP contribution in [0.15, 0.2) is 16.7 Å². The van der Waals surface area contributed by atoms with Gasteiger partial charge in [0, 0.05) is 16.7 Å². The predicted octanol–water partition coefficient (Wildman–Crippen LogP) is 2.14. The summed E-state index contributed by atoms with van der Waals surface area (Å²) in [6.45, 7) is 2.41. The van der Waals surface area contributed by atoms with Crippen molar-refractivity contribution in [2.24, 2.45) is 5.73 Å². The Labute approximate surface area is 115 Å². The summed E-state index contributed by atoms with van der Waals surface area (Å²) in [5.41, 5.74) is 5.95. The van der Waals surface area contributed by atoms with Crippen LogP contribution in [0.1, 0.15) is 30.1 Å². The predicted molar refractivity (Wildman–Crippen MR) is 71.7 cm³/mol. The van der Waals surface area contributed by atoms with Crippen LogP contribution in [-0.4, -0.2) is 30.7 Å². The molecular formula is C12H17BrN2O3. The number of halogens is 1. The fraction of sp³-hybridized carbons (Fsp3) is 0.500. The molecule has 0 aliphatic rings. The Hall–Kier alpha value is -1.14. The number of esters is 1. The van der Waals surface area contributed by atoms with Crippen LogP contribution >= 0.6 is 15.9 Å². The van der Waals surface area contributed by atoms with Crippen molar-refractivity contribution in [3.63, 3.8) is 0 Å². The molecule has 5 nitrogen and oxygen atoms in total. The number of nitrogens with two attached hydrogens (primary N) is 1. The smallest absolute Gasteiger partial charge is 0.343 e. The fourth-order valence-electron chi connectivity index (χ4n) is 1.37. The van der Waals surface area contributed by atoms with Gasteiger partial charge in [-0.15, -0.1) is 0 Å².